The quantitative estimate of drug-likeness (QED) is 0.349. The summed E-state index contributed by atoms with van der Waals surface area (Å²) in [4.78, 5) is 2.45. The van der Waals surface area contributed by atoms with E-state index in [-0.39, 0.29) is 8.83 Å². The molecule has 0 aliphatic rings. The zero-order valence-electron chi connectivity index (χ0n) is 8.22. The molecular formula is C9H20ClNSi. The molecule has 0 rings (SSSR count). The largest absolute Gasteiger partial charge is 0.304 e. The van der Waals surface area contributed by atoms with Crippen molar-refractivity contribution in [2.75, 3.05) is 19.6 Å². The minimum atomic E-state index is -0.366. The van der Waals surface area contributed by atoms with Crippen LogP contribution in [0.3, 0.4) is 0 Å². The van der Waals surface area contributed by atoms with Crippen LogP contribution in [0.4, 0.5) is 0 Å². The first kappa shape index (κ1) is 12.2. The second kappa shape index (κ2) is 9.30. The SMILES string of the molecule is CCN(CC)CCCC=C[SiH2]Cl. The van der Waals surface area contributed by atoms with Gasteiger partial charge in [0.2, 0.25) is 0 Å². The highest BCUT2D eigenvalue weighted by Crippen LogP contribution is 1.95. The molecule has 0 heterocycles. The highest BCUT2D eigenvalue weighted by molar-refractivity contribution is 6.96. The van der Waals surface area contributed by atoms with Crippen LogP contribution in [0.25, 0.3) is 0 Å². The Bertz CT molecular complexity index is 113. The highest BCUT2D eigenvalue weighted by atomic mass is 35.6. The van der Waals surface area contributed by atoms with Gasteiger partial charge in [-0.05, 0) is 32.5 Å². The smallest absolute Gasteiger partial charge is 0.148 e. The normalized spacial score (nSPS) is 12.7. The van der Waals surface area contributed by atoms with E-state index in [1.165, 1.54) is 32.5 Å². The highest BCUT2D eigenvalue weighted by Gasteiger charge is 1.95. The van der Waals surface area contributed by atoms with Gasteiger partial charge in [-0.2, -0.15) is 11.1 Å². The summed E-state index contributed by atoms with van der Waals surface area (Å²) in [7, 11) is -0.366. The lowest BCUT2D eigenvalue weighted by molar-refractivity contribution is 0.301. The van der Waals surface area contributed by atoms with Crippen LogP contribution in [-0.2, 0) is 0 Å². The topological polar surface area (TPSA) is 3.24 Å². The summed E-state index contributed by atoms with van der Waals surface area (Å²) in [6.07, 6.45) is 4.68. The summed E-state index contributed by atoms with van der Waals surface area (Å²) in [6, 6.07) is 0. The van der Waals surface area contributed by atoms with E-state index in [1.54, 1.807) is 0 Å². The van der Waals surface area contributed by atoms with Gasteiger partial charge in [0.1, 0.15) is 8.83 Å². The van der Waals surface area contributed by atoms with E-state index in [2.05, 4.69) is 30.5 Å². The molecule has 0 unspecified atom stereocenters. The molecule has 0 aromatic rings. The number of rotatable bonds is 7. The van der Waals surface area contributed by atoms with Gasteiger partial charge < -0.3 is 4.90 Å². The lowest BCUT2D eigenvalue weighted by atomic mass is 10.3. The van der Waals surface area contributed by atoms with Gasteiger partial charge in [0.05, 0.1) is 0 Å². The van der Waals surface area contributed by atoms with Gasteiger partial charge in [0.15, 0.2) is 0 Å². The number of allylic oxidation sites excluding steroid dienone is 1. The molecule has 3 heteroatoms. The first-order valence-corrected chi connectivity index (χ1v) is 7.73. The molecule has 12 heavy (non-hydrogen) atoms. The maximum atomic E-state index is 5.64. The molecule has 0 atom stereocenters. The Balaban J connectivity index is 3.23. The van der Waals surface area contributed by atoms with Crippen molar-refractivity contribution in [1.29, 1.82) is 0 Å². The van der Waals surface area contributed by atoms with E-state index in [1.807, 2.05) is 0 Å². The molecule has 1 nitrogen and oxygen atoms in total. The van der Waals surface area contributed by atoms with E-state index in [9.17, 15) is 0 Å². The zero-order chi connectivity index (χ0) is 9.23. The maximum Gasteiger partial charge on any atom is 0.148 e. The third-order valence-corrected chi connectivity index (χ3v) is 3.04. The number of hydrogen-bond donors (Lipinski definition) is 0. The van der Waals surface area contributed by atoms with Crippen molar-refractivity contribution in [3.63, 3.8) is 0 Å². The predicted octanol–water partition coefficient (Wildman–Crippen LogP) is 1.94. The van der Waals surface area contributed by atoms with Crippen LogP contribution in [-0.4, -0.2) is 33.4 Å². The number of halogens is 1. The number of nitrogens with zero attached hydrogens (tertiary/aromatic N) is 1. The van der Waals surface area contributed by atoms with Crippen molar-refractivity contribution in [3.8, 4) is 0 Å². The monoisotopic (exact) mass is 205 g/mol. The second-order valence-electron chi connectivity index (χ2n) is 2.79. The summed E-state index contributed by atoms with van der Waals surface area (Å²) in [5.74, 6) is 0. The van der Waals surface area contributed by atoms with Crippen LogP contribution in [0.5, 0.6) is 0 Å². The molecule has 0 amide bonds. The van der Waals surface area contributed by atoms with Crippen LogP contribution >= 0.6 is 11.1 Å². The Hall–Kier alpha value is 0.207. The Morgan fingerprint density at radius 1 is 1.33 bits per heavy atom. The van der Waals surface area contributed by atoms with Crippen LogP contribution in [0.1, 0.15) is 26.7 Å². The molecule has 0 aromatic carbocycles. The minimum absolute atomic E-state index is 0.366. The molecule has 0 spiro atoms. The summed E-state index contributed by atoms with van der Waals surface area (Å²) in [6.45, 7) is 7.99. The van der Waals surface area contributed by atoms with Gasteiger partial charge in [0.25, 0.3) is 0 Å². The van der Waals surface area contributed by atoms with E-state index >= 15 is 0 Å². The Morgan fingerprint density at radius 2 is 2.00 bits per heavy atom. The van der Waals surface area contributed by atoms with Crippen molar-refractivity contribution in [2.45, 2.75) is 26.7 Å². The first-order chi connectivity index (χ1) is 5.85. The van der Waals surface area contributed by atoms with Crippen LogP contribution in [0.15, 0.2) is 11.8 Å². The molecule has 0 saturated heterocycles. The number of hydrogen-bond acceptors (Lipinski definition) is 1. The van der Waals surface area contributed by atoms with Gasteiger partial charge in [-0.1, -0.05) is 25.6 Å². The Kier molecular flexibility index (Phi) is 9.46. The summed E-state index contributed by atoms with van der Waals surface area (Å²) < 4.78 is 0. The second-order valence-corrected chi connectivity index (χ2v) is 4.50. The van der Waals surface area contributed by atoms with Gasteiger partial charge in [-0.15, -0.1) is 0 Å². The van der Waals surface area contributed by atoms with E-state index < -0.39 is 0 Å². The van der Waals surface area contributed by atoms with Crippen molar-refractivity contribution in [3.05, 3.63) is 11.8 Å². The van der Waals surface area contributed by atoms with E-state index in [0.717, 1.165) is 0 Å². The predicted molar refractivity (Wildman–Crippen MR) is 60.6 cm³/mol. The number of unbranched alkanes of at least 4 members (excludes halogenated alkanes) is 1. The lowest BCUT2D eigenvalue weighted by Gasteiger charge is -2.16. The third-order valence-electron chi connectivity index (χ3n) is 2.00. The van der Waals surface area contributed by atoms with Crippen molar-refractivity contribution in [2.24, 2.45) is 0 Å². The van der Waals surface area contributed by atoms with E-state index in [0.29, 0.717) is 0 Å². The molecule has 0 N–H and O–H groups in total. The minimum Gasteiger partial charge on any atom is -0.304 e. The molecule has 72 valence electrons. The third kappa shape index (κ3) is 6.89. The van der Waals surface area contributed by atoms with Crippen molar-refractivity contribution < 1.29 is 0 Å². The summed E-state index contributed by atoms with van der Waals surface area (Å²) in [5, 5.41) is 0. The molecule has 0 fully saturated rings. The van der Waals surface area contributed by atoms with Crippen LogP contribution in [0.2, 0.25) is 0 Å². The van der Waals surface area contributed by atoms with Crippen LogP contribution < -0.4 is 0 Å². The Labute approximate surface area is 83.3 Å². The summed E-state index contributed by atoms with van der Waals surface area (Å²) >= 11 is 5.64. The fourth-order valence-electron chi connectivity index (χ4n) is 1.15. The van der Waals surface area contributed by atoms with Gasteiger partial charge in [0, 0.05) is 0 Å². The zero-order valence-corrected chi connectivity index (χ0v) is 10.4. The van der Waals surface area contributed by atoms with E-state index in [4.69, 9.17) is 11.1 Å². The van der Waals surface area contributed by atoms with Gasteiger partial charge in [-0.25, -0.2) is 0 Å². The van der Waals surface area contributed by atoms with Gasteiger partial charge >= 0.3 is 0 Å². The molecule has 0 radical (unpaired) electrons. The molecular weight excluding hydrogens is 186 g/mol. The molecule has 0 bridgehead atoms. The van der Waals surface area contributed by atoms with Gasteiger partial charge in [-0.3, -0.25) is 0 Å². The Morgan fingerprint density at radius 3 is 2.50 bits per heavy atom. The first-order valence-electron chi connectivity index (χ1n) is 4.78. The van der Waals surface area contributed by atoms with Crippen LogP contribution in [0, 0.1) is 0 Å². The maximum absolute atomic E-state index is 5.64. The fraction of sp³-hybridized carbons (Fsp3) is 0.778. The average Bonchev–Trinajstić information content (AvgIpc) is 2.11. The molecule has 0 aliphatic heterocycles. The fourth-order valence-corrected chi connectivity index (χ4v) is 1.89. The molecule has 0 aliphatic carbocycles. The van der Waals surface area contributed by atoms with Crippen molar-refractivity contribution >= 4 is 19.9 Å². The lowest BCUT2D eigenvalue weighted by Crippen LogP contribution is -2.23. The average molecular weight is 206 g/mol. The summed E-state index contributed by atoms with van der Waals surface area (Å²) in [5.41, 5.74) is 2.16. The van der Waals surface area contributed by atoms with Crippen molar-refractivity contribution in [1.82, 2.24) is 4.90 Å². The molecule has 0 aromatic heterocycles. The standard InChI is InChI=1S/C9H20ClNSi/c1-3-11(4-2)8-6-5-7-9-12-10/h7,9H,3-6,8,12H2,1-2H3. The molecule has 0 saturated carbocycles.